The van der Waals surface area contributed by atoms with Gasteiger partial charge in [-0.05, 0) is 65.6 Å². The second-order valence-electron chi connectivity index (χ2n) is 6.91. The molecule has 9 heteroatoms. The summed E-state index contributed by atoms with van der Waals surface area (Å²) in [4.78, 5) is 29.9. The third-order valence-electron chi connectivity index (χ3n) is 4.66. The predicted molar refractivity (Wildman–Crippen MR) is 127 cm³/mol. The van der Waals surface area contributed by atoms with Crippen molar-refractivity contribution in [1.29, 1.82) is 0 Å². The van der Waals surface area contributed by atoms with Crippen LogP contribution in [-0.4, -0.2) is 28.1 Å². The van der Waals surface area contributed by atoms with Crippen molar-refractivity contribution in [3.05, 3.63) is 105 Å². The molecule has 2 amide bonds. The first-order chi connectivity index (χ1) is 16.0. The molecule has 7 nitrogen and oxygen atoms in total. The quantitative estimate of drug-likeness (QED) is 0.448. The molecule has 0 fully saturated rings. The van der Waals surface area contributed by atoms with Crippen LogP contribution >= 0.6 is 23.1 Å². The molecule has 0 bridgehead atoms. The Bertz CT molecular complexity index is 1330. The first kappa shape index (κ1) is 22.4. The molecular formula is C24H19ClN4O3S. The normalized spacial score (nSPS) is 11.3. The number of halogens is 1. The van der Waals surface area contributed by atoms with Crippen molar-refractivity contribution >= 4 is 34.9 Å². The lowest BCUT2D eigenvalue weighted by Crippen LogP contribution is -2.28. The summed E-state index contributed by atoms with van der Waals surface area (Å²) in [5, 5.41) is 7.83. The lowest BCUT2D eigenvalue weighted by atomic mass is 10.2. The predicted octanol–water partition coefficient (Wildman–Crippen LogP) is 4.27. The van der Waals surface area contributed by atoms with E-state index in [1.165, 1.54) is 4.07 Å². The molecule has 4 rings (SSSR count). The average molecular weight is 479 g/mol. The van der Waals surface area contributed by atoms with Gasteiger partial charge in [-0.25, -0.2) is 0 Å². The highest BCUT2D eigenvalue weighted by molar-refractivity contribution is 7.04. The fraction of sp³-hybridized carbons (Fsp3) is 0.0833. The minimum Gasteiger partial charge on any atom is -0.497 e. The molecule has 0 atom stereocenters. The largest absolute Gasteiger partial charge is 0.497 e. The first-order valence-electron chi connectivity index (χ1n) is 9.95. The zero-order valence-corrected chi connectivity index (χ0v) is 19.1. The average Bonchev–Trinajstić information content (AvgIpc) is 3.27. The second kappa shape index (κ2) is 10.2. The van der Waals surface area contributed by atoms with Crippen molar-refractivity contribution in [2.75, 3.05) is 7.11 Å². The van der Waals surface area contributed by atoms with Crippen LogP contribution in [0, 0.1) is 0 Å². The first-order valence-corrected chi connectivity index (χ1v) is 11.1. The lowest BCUT2D eigenvalue weighted by Gasteiger charge is -2.03. The summed E-state index contributed by atoms with van der Waals surface area (Å²) in [5.74, 6) is -0.281. The fourth-order valence-electron chi connectivity index (χ4n) is 2.93. The number of benzene rings is 3. The number of aromatic nitrogens is 2. The van der Waals surface area contributed by atoms with E-state index in [0.29, 0.717) is 28.6 Å². The van der Waals surface area contributed by atoms with Crippen molar-refractivity contribution in [1.82, 2.24) is 14.5 Å². The number of carbonyl (C=O) groups excluding carboxylic acids is 2. The van der Waals surface area contributed by atoms with Crippen LogP contribution in [0.15, 0.2) is 83.9 Å². The van der Waals surface area contributed by atoms with Crippen molar-refractivity contribution in [2.45, 2.75) is 6.54 Å². The molecule has 0 saturated carbocycles. The molecule has 0 radical (unpaired) electrons. The summed E-state index contributed by atoms with van der Waals surface area (Å²) in [6, 6.07) is 23.1. The maximum Gasteiger partial charge on any atom is 0.278 e. The van der Waals surface area contributed by atoms with Gasteiger partial charge in [0.05, 0.1) is 12.8 Å². The lowest BCUT2D eigenvalue weighted by molar-refractivity contribution is 0.0944. The smallest absolute Gasteiger partial charge is 0.278 e. The minimum atomic E-state index is -0.485. The maximum atomic E-state index is 12.9. The van der Waals surface area contributed by atoms with Crippen LogP contribution in [0.3, 0.4) is 0 Å². The van der Waals surface area contributed by atoms with E-state index in [9.17, 15) is 9.59 Å². The summed E-state index contributed by atoms with van der Waals surface area (Å²) >= 11 is 7.07. The maximum absolute atomic E-state index is 12.9. The van der Waals surface area contributed by atoms with Gasteiger partial charge in [-0.1, -0.05) is 41.9 Å². The molecule has 0 aliphatic rings. The van der Waals surface area contributed by atoms with E-state index in [0.717, 1.165) is 17.1 Å². The number of ether oxygens (including phenoxy) is 1. The van der Waals surface area contributed by atoms with Crippen LogP contribution in [0.1, 0.15) is 26.4 Å². The zero-order chi connectivity index (χ0) is 23.2. The van der Waals surface area contributed by atoms with Crippen LogP contribution in [0.25, 0.3) is 5.69 Å². The molecule has 1 aromatic heterocycles. The van der Waals surface area contributed by atoms with E-state index in [4.69, 9.17) is 16.3 Å². The summed E-state index contributed by atoms with van der Waals surface area (Å²) in [5.41, 5.74) is 2.07. The van der Waals surface area contributed by atoms with E-state index >= 15 is 0 Å². The molecule has 0 saturated heterocycles. The van der Waals surface area contributed by atoms with E-state index in [1.807, 2.05) is 30.3 Å². The van der Waals surface area contributed by atoms with Gasteiger partial charge in [0, 0.05) is 17.1 Å². The van der Waals surface area contributed by atoms with Crippen LogP contribution in [0.2, 0.25) is 5.02 Å². The number of rotatable bonds is 6. The SMILES string of the molecule is COc1ccc(C(=O)N=c2sn(-c3ccc(Cl)cc3)nc2C(=O)NCc2ccccc2)cc1. The molecule has 3 aromatic carbocycles. The van der Waals surface area contributed by atoms with Gasteiger partial charge < -0.3 is 10.1 Å². The highest BCUT2D eigenvalue weighted by atomic mass is 35.5. The van der Waals surface area contributed by atoms with Crippen LogP contribution < -0.4 is 14.7 Å². The number of hydrogen-bond acceptors (Lipinski definition) is 5. The molecule has 1 heterocycles. The Labute approximate surface area is 199 Å². The van der Waals surface area contributed by atoms with Crippen molar-refractivity contribution in [3.8, 4) is 11.4 Å². The zero-order valence-electron chi connectivity index (χ0n) is 17.6. The molecule has 166 valence electrons. The van der Waals surface area contributed by atoms with Crippen molar-refractivity contribution in [2.24, 2.45) is 4.99 Å². The van der Waals surface area contributed by atoms with Gasteiger partial charge in [0.25, 0.3) is 11.8 Å². The monoisotopic (exact) mass is 478 g/mol. The molecule has 1 N–H and O–H groups in total. The molecule has 0 aliphatic heterocycles. The van der Waals surface area contributed by atoms with Gasteiger partial charge >= 0.3 is 0 Å². The summed E-state index contributed by atoms with van der Waals surface area (Å²) in [7, 11) is 1.55. The minimum absolute atomic E-state index is 0.0627. The summed E-state index contributed by atoms with van der Waals surface area (Å²) in [6.07, 6.45) is 0. The number of carbonyl (C=O) groups is 2. The molecule has 0 aliphatic carbocycles. The van der Waals surface area contributed by atoms with E-state index in [1.54, 1.807) is 55.6 Å². The van der Waals surface area contributed by atoms with Gasteiger partial charge in [-0.15, -0.1) is 5.10 Å². The summed E-state index contributed by atoms with van der Waals surface area (Å²) < 4.78 is 6.87. The van der Waals surface area contributed by atoms with Crippen molar-refractivity contribution in [3.63, 3.8) is 0 Å². The standard InChI is InChI=1S/C24H19ClN4O3S/c1-32-20-13-7-17(8-14-20)22(30)27-24-21(23(31)26-15-16-5-3-2-4-6-16)28-29(33-24)19-11-9-18(25)10-12-19/h2-14H,15H2,1H3,(H,26,31). The van der Waals surface area contributed by atoms with E-state index in [-0.39, 0.29) is 10.4 Å². The van der Waals surface area contributed by atoms with Crippen molar-refractivity contribution < 1.29 is 14.3 Å². The molecular weight excluding hydrogens is 460 g/mol. The Balaban J connectivity index is 1.68. The van der Waals surface area contributed by atoms with Crippen LogP contribution in [0.5, 0.6) is 5.75 Å². The van der Waals surface area contributed by atoms with Gasteiger partial charge in [0.15, 0.2) is 10.4 Å². The van der Waals surface area contributed by atoms with Crippen LogP contribution in [0.4, 0.5) is 0 Å². The highest BCUT2D eigenvalue weighted by Gasteiger charge is 2.17. The Morgan fingerprint density at radius 1 is 1.03 bits per heavy atom. The number of nitrogens with zero attached hydrogens (tertiary/aromatic N) is 3. The number of hydrogen-bond donors (Lipinski definition) is 1. The van der Waals surface area contributed by atoms with E-state index in [2.05, 4.69) is 15.4 Å². The van der Waals surface area contributed by atoms with Gasteiger partial charge in [0.1, 0.15) is 5.75 Å². The third kappa shape index (κ3) is 5.54. The Morgan fingerprint density at radius 2 is 1.73 bits per heavy atom. The fourth-order valence-corrected chi connectivity index (χ4v) is 3.91. The Morgan fingerprint density at radius 3 is 2.39 bits per heavy atom. The third-order valence-corrected chi connectivity index (χ3v) is 5.84. The molecule has 33 heavy (non-hydrogen) atoms. The highest BCUT2D eigenvalue weighted by Crippen LogP contribution is 2.15. The number of amides is 2. The molecule has 0 unspecified atom stereocenters. The van der Waals surface area contributed by atoms with Crippen LogP contribution in [-0.2, 0) is 6.54 Å². The number of nitrogens with one attached hydrogen (secondary N) is 1. The van der Waals surface area contributed by atoms with E-state index < -0.39 is 11.8 Å². The molecule has 4 aromatic rings. The summed E-state index contributed by atoms with van der Waals surface area (Å²) in [6.45, 7) is 0.323. The molecule has 0 spiro atoms. The Kier molecular flexibility index (Phi) is 6.97. The van der Waals surface area contributed by atoms with Gasteiger partial charge in [-0.3, -0.25) is 9.59 Å². The number of methoxy groups -OCH3 is 1. The topological polar surface area (TPSA) is 85.6 Å². The Hall–Kier alpha value is -3.75. The van der Waals surface area contributed by atoms with Gasteiger partial charge in [0.2, 0.25) is 0 Å². The second-order valence-corrected chi connectivity index (χ2v) is 8.26. The van der Waals surface area contributed by atoms with Gasteiger partial charge in [-0.2, -0.15) is 9.06 Å².